The maximum absolute atomic E-state index is 12.3. The summed E-state index contributed by atoms with van der Waals surface area (Å²) in [5, 5.41) is 15.7. The Kier molecular flexibility index (Phi) is 9.20. The van der Waals surface area contributed by atoms with E-state index in [1.165, 1.54) is 0 Å². The van der Waals surface area contributed by atoms with Crippen molar-refractivity contribution in [3.05, 3.63) is 80.2 Å². The number of benzene rings is 2. The number of aliphatic imine (C=N–C) groups is 1. The molecule has 2 aromatic rings. The second-order valence-electron chi connectivity index (χ2n) is 10.3. The quantitative estimate of drug-likeness (QED) is 0.229. The molecular formula is C29H41N3O2. The van der Waals surface area contributed by atoms with Crippen molar-refractivity contribution in [3.8, 4) is 0 Å². The summed E-state index contributed by atoms with van der Waals surface area (Å²) >= 11 is 0. The van der Waals surface area contributed by atoms with E-state index in [-0.39, 0.29) is 34.3 Å². The van der Waals surface area contributed by atoms with Gasteiger partial charge < -0.3 is 5.32 Å². The Morgan fingerprint density at radius 1 is 0.765 bits per heavy atom. The molecular weight excluding hydrogens is 422 g/mol. The van der Waals surface area contributed by atoms with Crippen molar-refractivity contribution >= 4 is 17.1 Å². The molecule has 0 heterocycles. The summed E-state index contributed by atoms with van der Waals surface area (Å²) in [5.41, 5.74) is 7.22. The first kappa shape index (κ1) is 27.3. The Labute approximate surface area is 205 Å². The van der Waals surface area contributed by atoms with Gasteiger partial charge in [-0.15, -0.1) is 0 Å². The van der Waals surface area contributed by atoms with Gasteiger partial charge in [0.15, 0.2) is 0 Å². The lowest BCUT2D eigenvalue weighted by Crippen LogP contribution is -2.16. The number of hydrogen-bond donors (Lipinski definition) is 1. The molecule has 2 aromatic carbocycles. The molecule has 0 aliphatic carbocycles. The van der Waals surface area contributed by atoms with Crippen molar-refractivity contribution in [1.29, 1.82) is 0 Å². The normalized spacial score (nSPS) is 13.2. The van der Waals surface area contributed by atoms with Crippen LogP contribution in [0.2, 0.25) is 0 Å². The summed E-state index contributed by atoms with van der Waals surface area (Å²) in [4.78, 5) is 16.8. The van der Waals surface area contributed by atoms with Crippen LogP contribution in [0.15, 0.2) is 52.8 Å². The van der Waals surface area contributed by atoms with Gasteiger partial charge in [0.05, 0.1) is 16.3 Å². The molecule has 34 heavy (non-hydrogen) atoms. The Balaban J connectivity index is 2.71. The molecule has 2 rings (SSSR count). The van der Waals surface area contributed by atoms with Crippen LogP contribution in [0.4, 0.5) is 11.4 Å². The summed E-state index contributed by atoms with van der Waals surface area (Å²) in [6.07, 6.45) is 0. The third-order valence-electron chi connectivity index (χ3n) is 6.19. The molecule has 0 aliphatic rings. The first-order valence-corrected chi connectivity index (χ1v) is 12.3. The molecule has 0 aromatic heterocycles. The summed E-state index contributed by atoms with van der Waals surface area (Å²) in [7, 11) is 0. The van der Waals surface area contributed by atoms with E-state index in [1.54, 1.807) is 13.8 Å². The van der Waals surface area contributed by atoms with Crippen LogP contribution < -0.4 is 5.32 Å². The van der Waals surface area contributed by atoms with Gasteiger partial charge in [-0.2, -0.15) is 0 Å². The van der Waals surface area contributed by atoms with Crippen LogP contribution in [0.1, 0.15) is 115 Å². The van der Waals surface area contributed by atoms with Gasteiger partial charge >= 0.3 is 5.70 Å². The standard InChI is InChI=1S/C29H41N3O2/c1-17(2)23-13-11-14-24(18(3)4)27(23)30-21(9)29(32(33)34)22(10)31-28-25(19(5)6)15-12-16-26(28)20(7)8/h11-20,30H,1-10H3. The van der Waals surface area contributed by atoms with E-state index in [2.05, 4.69) is 91.0 Å². The van der Waals surface area contributed by atoms with Gasteiger partial charge in [-0.3, -0.25) is 10.1 Å². The number of rotatable bonds is 9. The largest absolute Gasteiger partial charge is 0.353 e. The Morgan fingerprint density at radius 2 is 1.15 bits per heavy atom. The van der Waals surface area contributed by atoms with Gasteiger partial charge in [-0.25, -0.2) is 4.99 Å². The minimum atomic E-state index is -0.318. The third kappa shape index (κ3) is 6.13. The molecule has 184 valence electrons. The van der Waals surface area contributed by atoms with Crippen molar-refractivity contribution in [1.82, 2.24) is 0 Å². The van der Waals surface area contributed by atoms with Crippen molar-refractivity contribution in [2.75, 3.05) is 5.32 Å². The van der Waals surface area contributed by atoms with Gasteiger partial charge in [0.25, 0.3) is 0 Å². The second-order valence-corrected chi connectivity index (χ2v) is 10.3. The van der Waals surface area contributed by atoms with E-state index in [9.17, 15) is 10.1 Å². The number of allylic oxidation sites excluding steroid dienone is 2. The molecule has 0 bridgehead atoms. The zero-order chi connectivity index (χ0) is 25.7. The average molecular weight is 464 g/mol. The minimum absolute atomic E-state index is 0.0153. The number of nitrogens with one attached hydrogen (secondary N) is 1. The first-order valence-electron chi connectivity index (χ1n) is 12.3. The highest BCUT2D eigenvalue weighted by molar-refractivity contribution is 5.99. The molecule has 0 amide bonds. The predicted octanol–water partition coefficient (Wildman–Crippen LogP) is 8.89. The number of hydrogen-bond acceptors (Lipinski definition) is 4. The van der Waals surface area contributed by atoms with E-state index in [1.807, 2.05) is 6.07 Å². The average Bonchev–Trinajstić information content (AvgIpc) is 2.72. The SMILES string of the molecule is CC(=Nc1c(C(C)C)cccc1C(C)C)C(=C(C)Nc1c(C(C)C)cccc1C(C)C)[N+](=O)[O-]. The van der Waals surface area contributed by atoms with E-state index in [4.69, 9.17) is 4.99 Å². The molecule has 0 aliphatic heterocycles. The summed E-state index contributed by atoms with van der Waals surface area (Å²) in [5.74, 6) is 1.10. The van der Waals surface area contributed by atoms with Gasteiger partial charge in [0.1, 0.15) is 5.71 Å². The number of anilines is 1. The number of para-hydroxylation sites is 2. The Hall–Kier alpha value is -2.95. The van der Waals surface area contributed by atoms with Crippen molar-refractivity contribution in [2.24, 2.45) is 4.99 Å². The van der Waals surface area contributed by atoms with Crippen LogP contribution >= 0.6 is 0 Å². The van der Waals surface area contributed by atoms with Crippen LogP contribution in [0, 0.1) is 10.1 Å². The van der Waals surface area contributed by atoms with Crippen LogP contribution in [-0.4, -0.2) is 10.6 Å². The lowest BCUT2D eigenvalue weighted by Gasteiger charge is -2.21. The van der Waals surface area contributed by atoms with E-state index in [0.29, 0.717) is 11.4 Å². The fourth-order valence-corrected chi connectivity index (χ4v) is 4.34. The molecule has 0 saturated carbocycles. The van der Waals surface area contributed by atoms with Crippen LogP contribution in [-0.2, 0) is 0 Å². The highest BCUT2D eigenvalue weighted by Gasteiger charge is 2.24. The van der Waals surface area contributed by atoms with E-state index < -0.39 is 0 Å². The first-order chi connectivity index (χ1) is 15.9. The Morgan fingerprint density at radius 3 is 1.50 bits per heavy atom. The van der Waals surface area contributed by atoms with Crippen LogP contribution in [0.5, 0.6) is 0 Å². The summed E-state index contributed by atoms with van der Waals surface area (Å²) in [6, 6.07) is 12.4. The van der Waals surface area contributed by atoms with Crippen molar-refractivity contribution in [2.45, 2.75) is 92.9 Å². The molecule has 0 fully saturated rings. The molecule has 0 saturated heterocycles. The third-order valence-corrected chi connectivity index (χ3v) is 6.19. The maximum Gasteiger partial charge on any atom is 0.309 e. The van der Waals surface area contributed by atoms with Crippen molar-refractivity contribution in [3.63, 3.8) is 0 Å². The molecule has 0 atom stereocenters. The summed E-state index contributed by atoms with van der Waals surface area (Å²) in [6.45, 7) is 20.6. The number of nitrogens with zero attached hydrogens (tertiary/aromatic N) is 2. The number of nitro groups is 1. The zero-order valence-corrected chi connectivity index (χ0v) is 22.5. The monoisotopic (exact) mass is 463 g/mol. The molecule has 0 spiro atoms. The van der Waals surface area contributed by atoms with Crippen molar-refractivity contribution < 1.29 is 4.92 Å². The highest BCUT2D eigenvalue weighted by atomic mass is 16.6. The van der Waals surface area contributed by atoms with Gasteiger partial charge in [-0.1, -0.05) is 91.8 Å². The second kappa shape index (κ2) is 11.5. The maximum atomic E-state index is 12.3. The van der Waals surface area contributed by atoms with E-state index in [0.717, 1.165) is 33.6 Å². The lowest BCUT2D eigenvalue weighted by atomic mass is 9.92. The highest BCUT2D eigenvalue weighted by Crippen LogP contribution is 2.36. The topological polar surface area (TPSA) is 67.5 Å². The van der Waals surface area contributed by atoms with Crippen LogP contribution in [0.25, 0.3) is 0 Å². The summed E-state index contributed by atoms with van der Waals surface area (Å²) < 4.78 is 0. The molecule has 5 nitrogen and oxygen atoms in total. The van der Waals surface area contributed by atoms with Crippen LogP contribution in [0.3, 0.4) is 0 Å². The Bertz CT molecular complexity index is 1040. The van der Waals surface area contributed by atoms with Gasteiger partial charge in [0, 0.05) is 5.69 Å². The molecule has 1 N–H and O–H groups in total. The van der Waals surface area contributed by atoms with Gasteiger partial charge in [0.2, 0.25) is 0 Å². The van der Waals surface area contributed by atoms with Gasteiger partial charge in [-0.05, 0) is 59.8 Å². The molecule has 0 radical (unpaired) electrons. The fraction of sp³-hybridized carbons (Fsp3) is 0.483. The predicted molar refractivity (Wildman–Crippen MR) is 145 cm³/mol. The minimum Gasteiger partial charge on any atom is -0.353 e. The fourth-order valence-electron chi connectivity index (χ4n) is 4.34. The lowest BCUT2D eigenvalue weighted by molar-refractivity contribution is -0.416. The molecule has 0 unspecified atom stereocenters. The smallest absolute Gasteiger partial charge is 0.309 e. The van der Waals surface area contributed by atoms with E-state index >= 15 is 0 Å². The zero-order valence-electron chi connectivity index (χ0n) is 22.5. The molecule has 5 heteroatoms.